The van der Waals surface area contributed by atoms with Crippen molar-refractivity contribution >= 4 is 23.0 Å². The number of rotatable bonds is 2. The molecular formula is C16H25N3S. The fourth-order valence-electron chi connectivity index (χ4n) is 2.57. The van der Waals surface area contributed by atoms with Gasteiger partial charge in [-0.2, -0.15) is 0 Å². The van der Waals surface area contributed by atoms with Crippen molar-refractivity contribution in [2.24, 2.45) is 0 Å². The summed E-state index contributed by atoms with van der Waals surface area (Å²) in [5.41, 5.74) is 4.12. The van der Waals surface area contributed by atoms with Crippen molar-refractivity contribution in [1.82, 2.24) is 10.2 Å². The zero-order valence-electron chi connectivity index (χ0n) is 12.9. The summed E-state index contributed by atoms with van der Waals surface area (Å²) in [6, 6.07) is 6.95. The molecule has 110 valence electrons. The van der Waals surface area contributed by atoms with Crippen LogP contribution >= 0.6 is 12.2 Å². The molecule has 1 saturated heterocycles. The normalized spacial score (nSPS) is 15.7. The molecule has 0 radical (unpaired) electrons. The second-order valence-electron chi connectivity index (χ2n) is 5.80. The Kier molecular flexibility index (Phi) is 4.86. The van der Waals surface area contributed by atoms with Crippen LogP contribution in [0.1, 0.15) is 25.0 Å². The molecule has 0 bridgehead atoms. The monoisotopic (exact) mass is 291 g/mol. The van der Waals surface area contributed by atoms with Crippen LogP contribution < -0.4 is 10.2 Å². The quantitative estimate of drug-likeness (QED) is 0.844. The molecule has 1 fully saturated rings. The van der Waals surface area contributed by atoms with Gasteiger partial charge in [0.15, 0.2) is 5.11 Å². The maximum absolute atomic E-state index is 5.45. The van der Waals surface area contributed by atoms with Crippen molar-refractivity contribution in [3.05, 3.63) is 29.3 Å². The van der Waals surface area contributed by atoms with E-state index >= 15 is 0 Å². The minimum Gasteiger partial charge on any atom is -0.368 e. The van der Waals surface area contributed by atoms with Gasteiger partial charge in [0, 0.05) is 37.9 Å². The van der Waals surface area contributed by atoms with E-state index in [4.69, 9.17) is 12.2 Å². The van der Waals surface area contributed by atoms with Crippen molar-refractivity contribution in [2.45, 2.75) is 33.7 Å². The Morgan fingerprint density at radius 2 is 1.80 bits per heavy atom. The van der Waals surface area contributed by atoms with Gasteiger partial charge < -0.3 is 15.1 Å². The van der Waals surface area contributed by atoms with E-state index in [0.717, 1.165) is 31.3 Å². The predicted molar refractivity (Wildman–Crippen MR) is 90.6 cm³/mol. The highest BCUT2D eigenvalue weighted by Gasteiger charge is 2.20. The van der Waals surface area contributed by atoms with E-state index in [1.165, 1.54) is 16.8 Å². The second-order valence-corrected chi connectivity index (χ2v) is 6.18. The third kappa shape index (κ3) is 3.42. The maximum atomic E-state index is 5.45. The molecule has 1 aliphatic heterocycles. The van der Waals surface area contributed by atoms with Gasteiger partial charge in [0.1, 0.15) is 0 Å². The summed E-state index contributed by atoms with van der Waals surface area (Å²) in [6.45, 7) is 12.7. The fourth-order valence-corrected chi connectivity index (χ4v) is 2.99. The Bertz CT molecular complexity index is 477. The van der Waals surface area contributed by atoms with Crippen molar-refractivity contribution in [2.75, 3.05) is 31.1 Å². The number of piperazine rings is 1. The van der Waals surface area contributed by atoms with E-state index < -0.39 is 0 Å². The highest BCUT2D eigenvalue weighted by molar-refractivity contribution is 7.80. The number of thiocarbonyl (C=S) groups is 1. The third-order valence-electron chi connectivity index (χ3n) is 3.90. The van der Waals surface area contributed by atoms with Crippen molar-refractivity contribution in [1.29, 1.82) is 0 Å². The minimum absolute atomic E-state index is 0.402. The summed E-state index contributed by atoms with van der Waals surface area (Å²) in [5, 5.41) is 4.22. The van der Waals surface area contributed by atoms with Crippen LogP contribution in [0.3, 0.4) is 0 Å². The molecule has 0 aromatic heterocycles. The molecule has 0 saturated carbocycles. The molecule has 1 aromatic rings. The van der Waals surface area contributed by atoms with E-state index in [9.17, 15) is 0 Å². The highest BCUT2D eigenvalue weighted by atomic mass is 32.1. The summed E-state index contributed by atoms with van der Waals surface area (Å²) in [7, 11) is 0. The predicted octanol–water partition coefficient (Wildman–Crippen LogP) is 2.71. The zero-order valence-corrected chi connectivity index (χ0v) is 13.8. The average Bonchev–Trinajstić information content (AvgIpc) is 2.41. The highest BCUT2D eigenvalue weighted by Crippen LogP contribution is 2.23. The molecule has 0 aliphatic carbocycles. The van der Waals surface area contributed by atoms with Crippen LogP contribution in [0, 0.1) is 13.8 Å². The number of hydrogen-bond donors (Lipinski definition) is 1. The van der Waals surface area contributed by atoms with Crippen LogP contribution in [-0.2, 0) is 0 Å². The Balaban J connectivity index is 1.97. The molecule has 2 rings (SSSR count). The van der Waals surface area contributed by atoms with Gasteiger partial charge in [-0.05, 0) is 57.1 Å². The van der Waals surface area contributed by atoms with E-state index in [2.05, 4.69) is 61.0 Å². The van der Waals surface area contributed by atoms with Gasteiger partial charge in [-0.25, -0.2) is 0 Å². The number of aryl methyl sites for hydroxylation is 1. The van der Waals surface area contributed by atoms with Gasteiger partial charge in [0.25, 0.3) is 0 Å². The second kappa shape index (κ2) is 6.44. The number of nitrogens with one attached hydrogen (secondary N) is 1. The van der Waals surface area contributed by atoms with Gasteiger partial charge in [0.05, 0.1) is 0 Å². The van der Waals surface area contributed by atoms with Crippen LogP contribution in [0.5, 0.6) is 0 Å². The molecule has 0 spiro atoms. The van der Waals surface area contributed by atoms with Crippen LogP contribution in [-0.4, -0.2) is 42.2 Å². The molecule has 1 N–H and O–H groups in total. The molecule has 3 nitrogen and oxygen atoms in total. The summed E-state index contributed by atoms with van der Waals surface area (Å²) >= 11 is 5.45. The van der Waals surface area contributed by atoms with Gasteiger partial charge in [-0.1, -0.05) is 12.1 Å². The Hall–Kier alpha value is -1.29. The summed E-state index contributed by atoms with van der Waals surface area (Å²) in [5.74, 6) is 0. The summed E-state index contributed by atoms with van der Waals surface area (Å²) in [4.78, 5) is 4.74. The first-order chi connectivity index (χ1) is 9.49. The Morgan fingerprint density at radius 3 is 2.40 bits per heavy atom. The van der Waals surface area contributed by atoms with Gasteiger partial charge >= 0.3 is 0 Å². The molecule has 0 amide bonds. The number of benzene rings is 1. The Labute approximate surface area is 128 Å². The van der Waals surface area contributed by atoms with Gasteiger partial charge in [-0.3, -0.25) is 0 Å². The molecule has 0 unspecified atom stereocenters. The van der Waals surface area contributed by atoms with Crippen LogP contribution in [0.4, 0.5) is 5.69 Å². The fraction of sp³-hybridized carbons (Fsp3) is 0.562. The largest absolute Gasteiger partial charge is 0.368 e. The lowest BCUT2D eigenvalue weighted by Gasteiger charge is -2.38. The first-order valence-electron chi connectivity index (χ1n) is 7.35. The minimum atomic E-state index is 0.402. The number of nitrogens with zero attached hydrogens (tertiary/aromatic N) is 2. The van der Waals surface area contributed by atoms with Crippen LogP contribution in [0.15, 0.2) is 18.2 Å². The van der Waals surface area contributed by atoms with E-state index in [0.29, 0.717) is 6.04 Å². The average molecular weight is 291 g/mol. The smallest absolute Gasteiger partial charge is 0.169 e. The van der Waals surface area contributed by atoms with Crippen molar-refractivity contribution < 1.29 is 0 Å². The third-order valence-corrected chi connectivity index (χ3v) is 4.27. The lowest BCUT2D eigenvalue weighted by molar-refractivity contribution is 0.377. The standard InChI is InChI=1S/C16H25N3S/c1-12(2)17-16(20)19-10-8-18(9-11-19)15-7-5-6-13(3)14(15)4/h5-7,12H,8-11H2,1-4H3,(H,17,20). The summed E-state index contributed by atoms with van der Waals surface area (Å²) < 4.78 is 0. The lowest BCUT2D eigenvalue weighted by atomic mass is 10.1. The van der Waals surface area contributed by atoms with Crippen LogP contribution in [0.2, 0.25) is 0 Å². The van der Waals surface area contributed by atoms with Crippen molar-refractivity contribution in [3.8, 4) is 0 Å². The van der Waals surface area contributed by atoms with E-state index in [1.807, 2.05) is 0 Å². The molecular weight excluding hydrogens is 266 g/mol. The first kappa shape index (κ1) is 15.1. The van der Waals surface area contributed by atoms with Crippen molar-refractivity contribution in [3.63, 3.8) is 0 Å². The molecule has 20 heavy (non-hydrogen) atoms. The molecule has 1 aliphatic rings. The van der Waals surface area contributed by atoms with E-state index in [-0.39, 0.29) is 0 Å². The lowest BCUT2D eigenvalue weighted by Crippen LogP contribution is -2.52. The van der Waals surface area contributed by atoms with Gasteiger partial charge in [-0.15, -0.1) is 0 Å². The Morgan fingerprint density at radius 1 is 1.15 bits per heavy atom. The van der Waals surface area contributed by atoms with Gasteiger partial charge in [0.2, 0.25) is 0 Å². The molecule has 1 aromatic carbocycles. The topological polar surface area (TPSA) is 18.5 Å². The maximum Gasteiger partial charge on any atom is 0.169 e. The number of anilines is 1. The summed E-state index contributed by atoms with van der Waals surface area (Å²) in [6.07, 6.45) is 0. The first-order valence-corrected chi connectivity index (χ1v) is 7.76. The van der Waals surface area contributed by atoms with Crippen LogP contribution in [0.25, 0.3) is 0 Å². The molecule has 0 atom stereocenters. The zero-order chi connectivity index (χ0) is 14.7. The van der Waals surface area contributed by atoms with E-state index in [1.54, 1.807) is 0 Å². The molecule has 4 heteroatoms. The number of hydrogen-bond acceptors (Lipinski definition) is 2. The SMILES string of the molecule is Cc1cccc(N2CCN(C(=S)NC(C)C)CC2)c1C. The molecule has 1 heterocycles.